The lowest BCUT2D eigenvalue weighted by molar-refractivity contribution is 0.390. The second-order valence-electron chi connectivity index (χ2n) is 12.6. The average molecular weight is 755 g/mol. The van der Waals surface area contributed by atoms with Crippen LogP contribution in [0.1, 0.15) is 33.4 Å². The Morgan fingerprint density at radius 2 is 1.12 bits per heavy atom. The third kappa shape index (κ3) is 8.01. The van der Waals surface area contributed by atoms with Gasteiger partial charge in [0.25, 0.3) is 5.95 Å². The van der Waals surface area contributed by atoms with Gasteiger partial charge in [-0.1, -0.05) is 139 Å². The summed E-state index contributed by atoms with van der Waals surface area (Å²) in [4.78, 5) is 12.6. The fourth-order valence-corrected chi connectivity index (χ4v) is 6.37. The Hall–Kier alpha value is -7.56. The minimum atomic E-state index is -0.180. The maximum atomic E-state index is 10.7. The SMILES string of the molecule is Oc1cc(O)cc(/C=C/c2ccc(Oc3nc(Cl)nc(-n4cc(-c5ccc(C(=C(c6ccccc6)c6ccccc6)c6ccccc6)cc5)nn4)n3)c(O)c2)c1. The van der Waals surface area contributed by atoms with Crippen molar-refractivity contribution in [2.75, 3.05) is 0 Å². The average Bonchev–Trinajstić information content (AvgIpc) is 3.71. The molecule has 8 rings (SSSR count). The van der Waals surface area contributed by atoms with E-state index < -0.39 is 0 Å². The lowest BCUT2D eigenvalue weighted by Gasteiger charge is -2.18. The van der Waals surface area contributed by atoms with Crippen LogP contribution in [-0.4, -0.2) is 45.3 Å². The zero-order chi connectivity index (χ0) is 38.4. The molecule has 6 aromatic carbocycles. The van der Waals surface area contributed by atoms with Gasteiger partial charge in [-0.2, -0.15) is 19.6 Å². The van der Waals surface area contributed by atoms with E-state index in [-0.39, 0.29) is 40.2 Å². The summed E-state index contributed by atoms with van der Waals surface area (Å²) in [6.07, 6.45) is 5.07. The van der Waals surface area contributed by atoms with Crippen molar-refractivity contribution in [3.8, 4) is 46.2 Å². The van der Waals surface area contributed by atoms with Crippen LogP contribution in [0.15, 0.2) is 158 Å². The van der Waals surface area contributed by atoms with E-state index in [4.69, 9.17) is 16.3 Å². The maximum absolute atomic E-state index is 10.7. The molecule has 8 aromatic rings. The Labute approximate surface area is 326 Å². The van der Waals surface area contributed by atoms with Crippen LogP contribution < -0.4 is 4.74 Å². The molecule has 0 saturated carbocycles. The minimum absolute atomic E-state index is 0.0634. The van der Waals surface area contributed by atoms with Gasteiger partial charge in [0.05, 0.1) is 6.20 Å². The number of rotatable bonds is 10. The zero-order valence-electron chi connectivity index (χ0n) is 29.5. The lowest BCUT2D eigenvalue weighted by atomic mass is 9.85. The van der Waals surface area contributed by atoms with Crippen LogP contribution in [0.2, 0.25) is 5.28 Å². The van der Waals surface area contributed by atoms with E-state index in [0.29, 0.717) is 16.8 Å². The second kappa shape index (κ2) is 15.8. The monoisotopic (exact) mass is 754 g/mol. The quantitative estimate of drug-likeness (QED) is 0.116. The molecular formula is C45H31ClN6O4. The molecule has 2 aromatic heterocycles. The van der Waals surface area contributed by atoms with Gasteiger partial charge in [-0.05, 0) is 80.4 Å². The number of hydrogen-bond acceptors (Lipinski definition) is 9. The second-order valence-corrected chi connectivity index (χ2v) is 12.9. The van der Waals surface area contributed by atoms with Crippen LogP contribution in [-0.2, 0) is 0 Å². The molecule has 11 heteroatoms. The number of nitrogens with zero attached hydrogens (tertiary/aromatic N) is 6. The van der Waals surface area contributed by atoms with Crippen LogP contribution in [0.4, 0.5) is 0 Å². The Bertz CT molecular complexity index is 2640. The van der Waals surface area contributed by atoms with E-state index in [0.717, 1.165) is 39.0 Å². The van der Waals surface area contributed by atoms with E-state index in [1.807, 2.05) is 42.5 Å². The number of aromatic hydroxyl groups is 3. The molecule has 0 aliphatic rings. The summed E-state index contributed by atoms with van der Waals surface area (Å²) in [5.74, 6) is -0.165. The Morgan fingerprint density at radius 1 is 0.571 bits per heavy atom. The molecule has 0 saturated heterocycles. The highest BCUT2D eigenvalue weighted by Crippen LogP contribution is 2.37. The first-order valence-electron chi connectivity index (χ1n) is 17.4. The van der Waals surface area contributed by atoms with Crippen molar-refractivity contribution in [3.63, 3.8) is 0 Å². The highest BCUT2D eigenvalue weighted by molar-refractivity contribution is 6.28. The van der Waals surface area contributed by atoms with E-state index in [1.54, 1.807) is 30.5 Å². The van der Waals surface area contributed by atoms with Crippen LogP contribution >= 0.6 is 11.6 Å². The molecule has 0 aliphatic carbocycles. The van der Waals surface area contributed by atoms with Crippen molar-refractivity contribution in [3.05, 3.63) is 197 Å². The van der Waals surface area contributed by atoms with Gasteiger partial charge in [0.2, 0.25) is 5.28 Å². The summed E-state index contributed by atoms with van der Waals surface area (Å²) in [7, 11) is 0. The molecule has 10 nitrogen and oxygen atoms in total. The highest BCUT2D eigenvalue weighted by Gasteiger charge is 2.18. The normalized spacial score (nSPS) is 11.1. The fraction of sp³-hybridized carbons (Fsp3) is 0. The number of phenolic OH excluding ortho intramolecular Hbond substituents is 3. The summed E-state index contributed by atoms with van der Waals surface area (Å²) in [5, 5.41) is 38.7. The summed E-state index contributed by atoms with van der Waals surface area (Å²) in [6, 6.07) is 48.1. The Balaban J connectivity index is 1.06. The summed E-state index contributed by atoms with van der Waals surface area (Å²) in [6.45, 7) is 0. The summed E-state index contributed by atoms with van der Waals surface area (Å²) < 4.78 is 7.17. The van der Waals surface area contributed by atoms with Gasteiger partial charge < -0.3 is 20.1 Å². The Kier molecular flexibility index (Phi) is 10.0. The highest BCUT2D eigenvalue weighted by atomic mass is 35.5. The molecule has 0 amide bonds. The van der Waals surface area contributed by atoms with Crippen LogP contribution in [0, 0.1) is 0 Å². The summed E-state index contributed by atoms with van der Waals surface area (Å²) >= 11 is 6.27. The topological polar surface area (TPSA) is 139 Å². The van der Waals surface area contributed by atoms with E-state index >= 15 is 0 Å². The third-order valence-electron chi connectivity index (χ3n) is 8.76. The van der Waals surface area contributed by atoms with Crippen molar-refractivity contribution in [2.45, 2.75) is 0 Å². The number of benzene rings is 6. The molecule has 0 aliphatic heterocycles. The number of aromatic nitrogens is 6. The van der Waals surface area contributed by atoms with Crippen molar-refractivity contribution in [1.29, 1.82) is 0 Å². The van der Waals surface area contributed by atoms with Gasteiger partial charge in [-0.15, -0.1) is 5.10 Å². The first kappa shape index (κ1) is 35.5. The smallest absolute Gasteiger partial charge is 0.328 e. The number of hydrogen-bond donors (Lipinski definition) is 3. The molecule has 0 atom stereocenters. The van der Waals surface area contributed by atoms with E-state index in [9.17, 15) is 15.3 Å². The van der Waals surface area contributed by atoms with E-state index in [2.05, 4.69) is 98.1 Å². The molecular weight excluding hydrogens is 724 g/mol. The van der Waals surface area contributed by atoms with Gasteiger partial charge in [-0.25, -0.2) is 0 Å². The van der Waals surface area contributed by atoms with Crippen LogP contribution in [0.5, 0.6) is 29.0 Å². The minimum Gasteiger partial charge on any atom is -0.508 e. The third-order valence-corrected chi connectivity index (χ3v) is 8.93. The van der Waals surface area contributed by atoms with Crippen LogP contribution in [0.25, 0.3) is 40.5 Å². The molecule has 0 unspecified atom stereocenters. The van der Waals surface area contributed by atoms with Crippen molar-refractivity contribution in [2.24, 2.45) is 0 Å². The fourth-order valence-electron chi connectivity index (χ4n) is 6.23. The summed E-state index contributed by atoms with van der Waals surface area (Å²) in [5.41, 5.74) is 9.17. The van der Waals surface area contributed by atoms with Crippen molar-refractivity contribution >= 4 is 34.9 Å². The molecule has 0 radical (unpaired) electrons. The molecule has 272 valence electrons. The molecule has 0 bridgehead atoms. The van der Waals surface area contributed by atoms with Gasteiger partial charge in [0, 0.05) is 11.6 Å². The first-order chi connectivity index (χ1) is 27.4. The predicted octanol–water partition coefficient (Wildman–Crippen LogP) is 9.86. The molecule has 3 N–H and O–H groups in total. The number of ether oxygens (including phenoxy) is 1. The largest absolute Gasteiger partial charge is 0.508 e. The van der Waals surface area contributed by atoms with Crippen molar-refractivity contribution < 1.29 is 20.1 Å². The molecule has 2 heterocycles. The Morgan fingerprint density at radius 3 is 1.70 bits per heavy atom. The molecule has 0 fully saturated rings. The zero-order valence-corrected chi connectivity index (χ0v) is 30.2. The maximum Gasteiger partial charge on any atom is 0.328 e. The van der Waals surface area contributed by atoms with E-state index in [1.165, 1.54) is 28.9 Å². The lowest BCUT2D eigenvalue weighted by Crippen LogP contribution is -2.05. The molecule has 0 spiro atoms. The standard InChI is InChI=1S/C45H31ClN6O4/c46-43-47-44(49-45(48-43)56-40-23-18-29(26-39(40)55)16-17-30-24-36(53)27-37(54)25-30)52-28-38(50-51-52)31-19-21-35(22-20-31)42(34-14-8-3-9-15-34)41(32-10-4-1-5-11-32)33-12-6-2-7-13-33/h1-28,53-55H/b17-16+. The van der Waals surface area contributed by atoms with Gasteiger partial charge >= 0.3 is 6.01 Å². The van der Waals surface area contributed by atoms with Gasteiger partial charge in [-0.3, -0.25) is 0 Å². The van der Waals surface area contributed by atoms with Gasteiger partial charge in [0.1, 0.15) is 17.2 Å². The van der Waals surface area contributed by atoms with Crippen LogP contribution in [0.3, 0.4) is 0 Å². The number of phenols is 3. The number of halogens is 1. The first-order valence-corrected chi connectivity index (χ1v) is 17.8. The molecule has 56 heavy (non-hydrogen) atoms. The van der Waals surface area contributed by atoms with Gasteiger partial charge in [0.15, 0.2) is 11.5 Å². The van der Waals surface area contributed by atoms with Crippen molar-refractivity contribution in [1.82, 2.24) is 29.9 Å². The predicted molar refractivity (Wildman–Crippen MR) is 216 cm³/mol.